The zero-order chi connectivity index (χ0) is 10.4. The number of rotatable bonds is 5. The maximum absolute atomic E-state index is 5.57. The lowest BCUT2D eigenvalue weighted by atomic mass is 10.1. The fourth-order valence-electron chi connectivity index (χ4n) is 1.20. The van der Waals surface area contributed by atoms with Crippen LogP contribution in [0.5, 0.6) is 5.75 Å². The standard InChI is InChI=1S/C11H15NOS/c1-2-9-5-3-4-6-10(9)13-8-7-11(12)14/h3-6H,2,7-8H2,1H3,(H2,12,14). The van der Waals surface area contributed by atoms with Gasteiger partial charge in [0.2, 0.25) is 0 Å². The van der Waals surface area contributed by atoms with Crippen LogP contribution in [0.15, 0.2) is 24.3 Å². The molecule has 0 saturated carbocycles. The van der Waals surface area contributed by atoms with Crippen molar-refractivity contribution in [2.24, 2.45) is 5.73 Å². The highest BCUT2D eigenvalue weighted by atomic mass is 32.1. The number of nitrogens with two attached hydrogens (primary N) is 1. The second kappa shape index (κ2) is 5.60. The number of benzene rings is 1. The van der Waals surface area contributed by atoms with E-state index in [0.717, 1.165) is 12.2 Å². The van der Waals surface area contributed by atoms with Crippen LogP contribution in [0, 0.1) is 0 Å². The van der Waals surface area contributed by atoms with Crippen LogP contribution in [0.25, 0.3) is 0 Å². The summed E-state index contributed by atoms with van der Waals surface area (Å²) in [6, 6.07) is 8.02. The Morgan fingerprint density at radius 1 is 1.43 bits per heavy atom. The summed E-state index contributed by atoms with van der Waals surface area (Å²) in [5.74, 6) is 0.936. The molecule has 0 aliphatic carbocycles. The lowest BCUT2D eigenvalue weighted by Crippen LogP contribution is -2.12. The van der Waals surface area contributed by atoms with Crippen LogP contribution in [0.4, 0.5) is 0 Å². The number of hydrogen-bond donors (Lipinski definition) is 1. The Kier molecular flexibility index (Phi) is 4.40. The van der Waals surface area contributed by atoms with Gasteiger partial charge in [0.15, 0.2) is 0 Å². The van der Waals surface area contributed by atoms with E-state index < -0.39 is 0 Å². The molecule has 14 heavy (non-hydrogen) atoms. The smallest absolute Gasteiger partial charge is 0.122 e. The summed E-state index contributed by atoms with van der Waals surface area (Å²) >= 11 is 4.77. The zero-order valence-corrected chi connectivity index (χ0v) is 9.14. The molecule has 1 aromatic carbocycles. The van der Waals surface area contributed by atoms with Crippen molar-refractivity contribution in [2.75, 3.05) is 6.61 Å². The molecule has 0 spiro atoms. The van der Waals surface area contributed by atoms with E-state index in [1.54, 1.807) is 0 Å². The maximum atomic E-state index is 5.57. The van der Waals surface area contributed by atoms with Gasteiger partial charge in [-0.3, -0.25) is 0 Å². The Bertz CT molecular complexity index is 312. The minimum Gasteiger partial charge on any atom is -0.493 e. The summed E-state index contributed by atoms with van der Waals surface area (Å²) < 4.78 is 5.57. The Morgan fingerprint density at radius 3 is 2.79 bits per heavy atom. The maximum Gasteiger partial charge on any atom is 0.122 e. The van der Waals surface area contributed by atoms with Crippen molar-refractivity contribution < 1.29 is 4.74 Å². The van der Waals surface area contributed by atoms with Crippen LogP contribution < -0.4 is 10.5 Å². The number of para-hydroxylation sites is 1. The van der Waals surface area contributed by atoms with E-state index in [1.807, 2.05) is 18.2 Å². The van der Waals surface area contributed by atoms with Gasteiger partial charge in [0.25, 0.3) is 0 Å². The van der Waals surface area contributed by atoms with Gasteiger partial charge in [-0.2, -0.15) is 0 Å². The van der Waals surface area contributed by atoms with E-state index in [9.17, 15) is 0 Å². The first-order valence-corrected chi connectivity index (χ1v) is 5.14. The first-order valence-electron chi connectivity index (χ1n) is 4.73. The van der Waals surface area contributed by atoms with Gasteiger partial charge in [-0.25, -0.2) is 0 Å². The number of hydrogen-bond acceptors (Lipinski definition) is 2. The first kappa shape index (κ1) is 11.0. The minimum absolute atomic E-state index is 0.499. The van der Waals surface area contributed by atoms with Gasteiger partial charge < -0.3 is 10.5 Å². The van der Waals surface area contributed by atoms with Crippen LogP contribution >= 0.6 is 12.2 Å². The molecule has 2 nitrogen and oxygen atoms in total. The Labute approximate surface area is 90.1 Å². The van der Waals surface area contributed by atoms with Gasteiger partial charge in [-0.05, 0) is 18.1 Å². The molecule has 0 saturated heterocycles. The SMILES string of the molecule is CCc1ccccc1OCCC(N)=S. The van der Waals surface area contributed by atoms with Gasteiger partial charge in [0.1, 0.15) is 5.75 Å². The third-order valence-electron chi connectivity index (χ3n) is 1.96. The molecular formula is C11H15NOS. The molecule has 0 radical (unpaired) electrons. The van der Waals surface area contributed by atoms with E-state index in [1.165, 1.54) is 5.56 Å². The zero-order valence-electron chi connectivity index (χ0n) is 8.32. The third kappa shape index (κ3) is 3.34. The molecule has 3 heteroatoms. The summed E-state index contributed by atoms with van der Waals surface area (Å²) in [7, 11) is 0. The molecule has 0 amide bonds. The molecule has 0 unspecified atom stereocenters. The van der Waals surface area contributed by atoms with E-state index in [-0.39, 0.29) is 0 Å². The fraction of sp³-hybridized carbons (Fsp3) is 0.364. The lowest BCUT2D eigenvalue weighted by molar-refractivity contribution is 0.326. The first-order chi connectivity index (χ1) is 6.74. The van der Waals surface area contributed by atoms with Crippen LogP contribution in [-0.2, 0) is 6.42 Å². The van der Waals surface area contributed by atoms with E-state index in [4.69, 9.17) is 22.7 Å². The van der Waals surface area contributed by atoms with Crippen molar-refractivity contribution in [2.45, 2.75) is 19.8 Å². The molecule has 0 fully saturated rings. The Balaban J connectivity index is 2.53. The van der Waals surface area contributed by atoms with Crippen LogP contribution in [-0.4, -0.2) is 11.6 Å². The van der Waals surface area contributed by atoms with Crippen LogP contribution in [0.1, 0.15) is 18.9 Å². The lowest BCUT2D eigenvalue weighted by Gasteiger charge is -2.09. The summed E-state index contributed by atoms with van der Waals surface area (Å²) in [4.78, 5) is 0.499. The monoisotopic (exact) mass is 209 g/mol. The van der Waals surface area contributed by atoms with E-state index in [0.29, 0.717) is 18.0 Å². The molecule has 1 aromatic rings. The van der Waals surface area contributed by atoms with Crippen molar-refractivity contribution in [1.82, 2.24) is 0 Å². The van der Waals surface area contributed by atoms with Crippen molar-refractivity contribution in [3.63, 3.8) is 0 Å². The summed E-state index contributed by atoms with van der Waals surface area (Å²) in [5, 5.41) is 0. The van der Waals surface area contributed by atoms with Crippen molar-refractivity contribution >= 4 is 17.2 Å². The van der Waals surface area contributed by atoms with Gasteiger partial charge in [-0.1, -0.05) is 37.3 Å². The van der Waals surface area contributed by atoms with E-state index >= 15 is 0 Å². The number of ether oxygens (including phenoxy) is 1. The molecule has 0 aliphatic heterocycles. The second-order valence-corrected chi connectivity index (χ2v) is 3.55. The van der Waals surface area contributed by atoms with Gasteiger partial charge in [0, 0.05) is 6.42 Å². The minimum atomic E-state index is 0.499. The fourth-order valence-corrected chi connectivity index (χ4v) is 1.28. The second-order valence-electron chi connectivity index (χ2n) is 3.03. The van der Waals surface area contributed by atoms with Crippen LogP contribution in [0.3, 0.4) is 0 Å². The van der Waals surface area contributed by atoms with Crippen molar-refractivity contribution in [3.05, 3.63) is 29.8 Å². The largest absolute Gasteiger partial charge is 0.493 e. The van der Waals surface area contributed by atoms with Crippen molar-refractivity contribution in [1.29, 1.82) is 0 Å². The number of aryl methyl sites for hydroxylation is 1. The predicted molar refractivity (Wildman–Crippen MR) is 62.7 cm³/mol. The van der Waals surface area contributed by atoms with Crippen LogP contribution in [0.2, 0.25) is 0 Å². The molecule has 0 aliphatic rings. The van der Waals surface area contributed by atoms with Gasteiger partial charge in [0.05, 0.1) is 11.6 Å². The molecule has 0 bridgehead atoms. The summed E-state index contributed by atoms with van der Waals surface area (Å²) in [5.41, 5.74) is 6.60. The summed E-state index contributed by atoms with van der Waals surface area (Å²) in [6.07, 6.45) is 1.61. The third-order valence-corrected chi connectivity index (χ3v) is 2.16. The summed E-state index contributed by atoms with van der Waals surface area (Å²) in [6.45, 7) is 2.67. The normalized spacial score (nSPS) is 9.79. The topological polar surface area (TPSA) is 35.2 Å². The van der Waals surface area contributed by atoms with E-state index in [2.05, 4.69) is 13.0 Å². The molecule has 0 atom stereocenters. The quantitative estimate of drug-likeness (QED) is 0.756. The average molecular weight is 209 g/mol. The van der Waals surface area contributed by atoms with Gasteiger partial charge in [-0.15, -0.1) is 0 Å². The van der Waals surface area contributed by atoms with Gasteiger partial charge >= 0.3 is 0 Å². The highest BCUT2D eigenvalue weighted by Crippen LogP contribution is 2.18. The highest BCUT2D eigenvalue weighted by molar-refractivity contribution is 7.80. The predicted octanol–water partition coefficient (Wildman–Crippen LogP) is 2.30. The Hall–Kier alpha value is -1.09. The Morgan fingerprint density at radius 2 is 2.14 bits per heavy atom. The molecular weight excluding hydrogens is 194 g/mol. The molecule has 0 heterocycles. The number of thiocarbonyl (C=S) groups is 1. The highest BCUT2D eigenvalue weighted by Gasteiger charge is 2.00. The average Bonchev–Trinajstić information content (AvgIpc) is 2.18. The molecule has 1 rings (SSSR count). The molecule has 76 valence electrons. The molecule has 0 aromatic heterocycles. The molecule has 2 N–H and O–H groups in total. The van der Waals surface area contributed by atoms with Crippen molar-refractivity contribution in [3.8, 4) is 5.75 Å².